The van der Waals surface area contributed by atoms with E-state index in [1.807, 2.05) is 44.7 Å². The van der Waals surface area contributed by atoms with Crippen LogP contribution in [-0.4, -0.2) is 58.1 Å². The lowest BCUT2D eigenvalue weighted by atomic mass is 9.92. The molecule has 0 N–H and O–H groups in total. The van der Waals surface area contributed by atoms with Crippen molar-refractivity contribution in [3.8, 4) is 34.7 Å². The molecule has 1 atom stereocenters. The first kappa shape index (κ1) is 25.9. The van der Waals surface area contributed by atoms with Crippen molar-refractivity contribution in [1.82, 2.24) is 19.9 Å². The standard InChI is InChI=1S/C28H29N5O3.C2H6/c1-17(2)35-25-10-7-18(13-19(25)14-29)27-30-26(31-36-27)23-6-3-5-22-21(23)8-9-24(22)33-15-20(16-33)28(34)32-11-4-12-32;1-2/h3,5-7,10,13,17,20,24H,4,8-9,11-12,15-16H2,1-2H3;1-2H3. The van der Waals surface area contributed by atoms with Gasteiger partial charge in [0.2, 0.25) is 11.7 Å². The maximum Gasteiger partial charge on any atom is 0.258 e. The molecule has 38 heavy (non-hydrogen) atoms. The largest absolute Gasteiger partial charge is 0.490 e. The van der Waals surface area contributed by atoms with Gasteiger partial charge in [-0.1, -0.05) is 37.2 Å². The lowest BCUT2D eigenvalue weighted by Gasteiger charge is -2.45. The first-order chi connectivity index (χ1) is 18.5. The van der Waals surface area contributed by atoms with Gasteiger partial charge in [-0.3, -0.25) is 9.69 Å². The van der Waals surface area contributed by atoms with E-state index in [1.54, 1.807) is 12.1 Å². The van der Waals surface area contributed by atoms with E-state index >= 15 is 0 Å². The summed E-state index contributed by atoms with van der Waals surface area (Å²) in [5.41, 5.74) is 4.66. The second-order valence-electron chi connectivity index (χ2n) is 10.2. The second-order valence-corrected chi connectivity index (χ2v) is 10.2. The van der Waals surface area contributed by atoms with Crippen molar-refractivity contribution in [2.45, 2.75) is 59.1 Å². The summed E-state index contributed by atoms with van der Waals surface area (Å²) in [7, 11) is 0. The number of carbonyl (C=O) groups is 1. The SMILES string of the molecule is CC.CC(C)Oc1ccc(-c2nc(-c3cccc4c3CCC4N3CC(C(=O)N4CCC4)C3)no2)cc1C#N. The Labute approximate surface area is 224 Å². The highest BCUT2D eigenvalue weighted by molar-refractivity contribution is 5.81. The Morgan fingerprint density at radius 1 is 1.18 bits per heavy atom. The number of amides is 1. The Bertz CT molecular complexity index is 1350. The minimum absolute atomic E-state index is 0.0230. The lowest BCUT2D eigenvalue weighted by molar-refractivity contribution is -0.145. The number of aromatic nitrogens is 2. The Morgan fingerprint density at radius 2 is 1.97 bits per heavy atom. The molecule has 8 nitrogen and oxygen atoms in total. The van der Waals surface area contributed by atoms with Gasteiger partial charge in [0.15, 0.2) is 0 Å². The van der Waals surface area contributed by atoms with Crippen LogP contribution >= 0.6 is 0 Å². The number of ether oxygens (including phenoxy) is 1. The number of nitriles is 1. The van der Waals surface area contributed by atoms with Crippen molar-refractivity contribution in [3.63, 3.8) is 0 Å². The van der Waals surface area contributed by atoms with Crippen LogP contribution in [-0.2, 0) is 11.2 Å². The summed E-state index contributed by atoms with van der Waals surface area (Å²) >= 11 is 0. The van der Waals surface area contributed by atoms with Crippen LogP contribution in [0.25, 0.3) is 22.8 Å². The highest BCUT2D eigenvalue weighted by Crippen LogP contribution is 2.43. The number of likely N-dealkylation sites (tertiary alicyclic amines) is 2. The quantitative estimate of drug-likeness (QED) is 0.445. The van der Waals surface area contributed by atoms with Crippen LogP contribution in [0, 0.1) is 17.2 Å². The monoisotopic (exact) mass is 513 g/mol. The van der Waals surface area contributed by atoms with Crippen molar-refractivity contribution in [1.29, 1.82) is 5.26 Å². The van der Waals surface area contributed by atoms with E-state index in [9.17, 15) is 10.1 Å². The third kappa shape index (κ3) is 4.79. The molecule has 198 valence electrons. The van der Waals surface area contributed by atoms with E-state index in [2.05, 4.69) is 33.2 Å². The number of fused-ring (bicyclic) bond motifs is 1. The van der Waals surface area contributed by atoms with Crippen molar-refractivity contribution in [2.24, 2.45) is 5.92 Å². The molecular formula is C30H35N5O3. The summed E-state index contributed by atoms with van der Waals surface area (Å²) in [6.07, 6.45) is 3.09. The average molecular weight is 514 g/mol. The zero-order valence-electron chi connectivity index (χ0n) is 22.6. The molecular weight excluding hydrogens is 478 g/mol. The molecule has 2 saturated heterocycles. The van der Waals surface area contributed by atoms with Crippen molar-refractivity contribution < 1.29 is 14.1 Å². The van der Waals surface area contributed by atoms with Gasteiger partial charge >= 0.3 is 0 Å². The van der Waals surface area contributed by atoms with Crippen LogP contribution in [0.15, 0.2) is 40.9 Å². The number of hydrogen-bond acceptors (Lipinski definition) is 7. The van der Waals surface area contributed by atoms with E-state index < -0.39 is 0 Å². The predicted molar refractivity (Wildman–Crippen MR) is 144 cm³/mol. The van der Waals surface area contributed by atoms with E-state index in [1.165, 1.54) is 11.1 Å². The third-order valence-electron chi connectivity index (χ3n) is 7.48. The highest BCUT2D eigenvalue weighted by atomic mass is 16.5. The zero-order valence-corrected chi connectivity index (χ0v) is 22.6. The Hall–Kier alpha value is -3.70. The van der Waals surface area contributed by atoms with Gasteiger partial charge in [0.25, 0.3) is 5.89 Å². The van der Waals surface area contributed by atoms with Crippen LogP contribution in [0.1, 0.15) is 63.3 Å². The molecule has 3 aliphatic rings. The van der Waals surface area contributed by atoms with Crippen LogP contribution in [0.3, 0.4) is 0 Å². The van der Waals surface area contributed by atoms with Gasteiger partial charge < -0.3 is 14.2 Å². The molecule has 0 bridgehead atoms. The summed E-state index contributed by atoms with van der Waals surface area (Å²) < 4.78 is 11.3. The van der Waals surface area contributed by atoms with E-state index in [0.717, 1.165) is 51.0 Å². The van der Waals surface area contributed by atoms with E-state index in [4.69, 9.17) is 9.26 Å². The molecule has 3 aromatic rings. The zero-order chi connectivity index (χ0) is 26.8. The van der Waals surface area contributed by atoms with Gasteiger partial charge in [-0.25, -0.2) is 0 Å². The summed E-state index contributed by atoms with van der Waals surface area (Å²) in [4.78, 5) is 21.6. The number of hydrogen-bond donors (Lipinski definition) is 0. The topological polar surface area (TPSA) is 95.5 Å². The Kier molecular flexibility index (Phi) is 7.48. The van der Waals surface area contributed by atoms with Crippen molar-refractivity contribution >= 4 is 5.91 Å². The smallest absolute Gasteiger partial charge is 0.258 e. The molecule has 2 aromatic carbocycles. The molecule has 1 aromatic heterocycles. The van der Waals surface area contributed by atoms with Crippen LogP contribution in [0.4, 0.5) is 0 Å². The van der Waals surface area contributed by atoms with Crippen LogP contribution < -0.4 is 4.74 Å². The molecule has 0 radical (unpaired) electrons. The third-order valence-corrected chi connectivity index (χ3v) is 7.48. The van der Waals surface area contributed by atoms with Gasteiger partial charge in [-0.15, -0.1) is 0 Å². The minimum atomic E-state index is -0.0230. The first-order valence-electron chi connectivity index (χ1n) is 13.7. The summed E-state index contributed by atoms with van der Waals surface area (Å²) in [6, 6.07) is 14.1. The molecule has 0 saturated carbocycles. The van der Waals surface area contributed by atoms with Gasteiger partial charge in [0, 0.05) is 43.3 Å². The summed E-state index contributed by atoms with van der Waals surface area (Å²) in [5.74, 6) is 1.94. The lowest BCUT2D eigenvalue weighted by Crippen LogP contribution is -2.57. The number of carbonyl (C=O) groups excluding carboxylic acids is 1. The fraction of sp³-hybridized carbons (Fsp3) is 0.467. The minimum Gasteiger partial charge on any atom is -0.490 e. The average Bonchev–Trinajstić information content (AvgIpc) is 3.51. The maximum absolute atomic E-state index is 12.5. The summed E-state index contributed by atoms with van der Waals surface area (Å²) in [5, 5.41) is 13.8. The van der Waals surface area contributed by atoms with E-state index in [0.29, 0.717) is 40.5 Å². The molecule has 2 aliphatic heterocycles. The van der Waals surface area contributed by atoms with Crippen molar-refractivity contribution in [3.05, 3.63) is 53.1 Å². The predicted octanol–water partition coefficient (Wildman–Crippen LogP) is 5.24. The normalized spacial score (nSPS) is 18.6. The van der Waals surface area contributed by atoms with Crippen LogP contribution in [0.5, 0.6) is 5.75 Å². The fourth-order valence-corrected chi connectivity index (χ4v) is 5.50. The van der Waals surface area contributed by atoms with Crippen LogP contribution in [0.2, 0.25) is 0 Å². The van der Waals surface area contributed by atoms with Crippen molar-refractivity contribution in [2.75, 3.05) is 26.2 Å². The summed E-state index contributed by atoms with van der Waals surface area (Å²) in [6.45, 7) is 11.4. The van der Waals surface area contributed by atoms with Gasteiger partial charge in [0.1, 0.15) is 11.8 Å². The first-order valence-corrected chi connectivity index (χ1v) is 13.7. The molecule has 1 aliphatic carbocycles. The molecule has 8 heteroatoms. The molecule has 6 rings (SSSR count). The maximum atomic E-state index is 12.5. The van der Waals surface area contributed by atoms with Gasteiger partial charge in [-0.2, -0.15) is 10.2 Å². The number of rotatable bonds is 6. The highest BCUT2D eigenvalue weighted by Gasteiger charge is 2.42. The molecule has 1 unspecified atom stereocenters. The molecule has 0 spiro atoms. The molecule has 2 fully saturated rings. The number of benzene rings is 2. The Morgan fingerprint density at radius 3 is 2.66 bits per heavy atom. The Balaban J connectivity index is 0.00000144. The molecule has 3 heterocycles. The second kappa shape index (κ2) is 11.0. The number of nitrogens with zero attached hydrogens (tertiary/aromatic N) is 5. The van der Waals surface area contributed by atoms with E-state index in [-0.39, 0.29) is 12.0 Å². The molecule has 1 amide bonds. The van der Waals surface area contributed by atoms with Gasteiger partial charge in [-0.05, 0) is 62.4 Å². The van der Waals surface area contributed by atoms with Gasteiger partial charge in [0.05, 0.1) is 17.6 Å². The fourth-order valence-electron chi connectivity index (χ4n) is 5.50.